The Balaban J connectivity index is 1.83. The van der Waals surface area contributed by atoms with Crippen molar-refractivity contribution in [2.45, 2.75) is 58.3 Å². The molecule has 0 saturated heterocycles. The van der Waals surface area contributed by atoms with E-state index in [0.717, 1.165) is 40.1 Å². The average Bonchev–Trinajstić information content (AvgIpc) is 2.92. The first-order valence-electron chi connectivity index (χ1n) is 11.0. The summed E-state index contributed by atoms with van der Waals surface area (Å²) in [6.07, 6.45) is 2.80. The zero-order valence-electron chi connectivity index (χ0n) is 19.0. The summed E-state index contributed by atoms with van der Waals surface area (Å²) in [5, 5.41) is 9.42. The molecule has 2 aromatic carbocycles. The van der Waals surface area contributed by atoms with E-state index in [1.807, 2.05) is 38.1 Å². The highest BCUT2D eigenvalue weighted by atomic mass is 32.2. The highest BCUT2D eigenvalue weighted by Gasteiger charge is 2.35. The van der Waals surface area contributed by atoms with Gasteiger partial charge < -0.3 is 4.74 Å². The number of hydrogen-bond acceptors (Lipinski definition) is 6. The predicted octanol–water partition coefficient (Wildman–Crippen LogP) is 5.88. The summed E-state index contributed by atoms with van der Waals surface area (Å²) in [5.74, 6) is 1.23. The Morgan fingerprint density at radius 1 is 1.12 bits per heavy atom. The highest BCUT2D eigenvalue weighted by Crippen LogP contribution is 2.43. The zero-order chi connectivity index (χ0) is 22.7. The number of aryl methyl sites for hydroxylation is 2. The Morgan fingerprint density at radius 3 is 2.72 bits per heavy atom. The first-order valence-corrected chi connectivity index (χ1v) is 12.0. The third-order valence-electron chi connectivity index (χ3n) is 5.53. The van der Waals surface area contributed by atoms with Crippen LogP contribution in [0, 0.1) is 13.8 Å². The molecule has 0 spiro atoms. The van der Waals surface area contributed by atoms with Crippen LogP contribution in [0.4, 0.5) is 5.69 Å². The summed E-state index contributed by atoms with van der Waals surface area (Å²) in [5.41, 5.74) is 5.15. The van der Waals surface area contributed by atoms with Crippen LogP contribution in [0.1, 0.15) is 56.0 Å². The minimum absolute atomic E-state index is 0.113. The van der Waals surface area contributed by atoms with Crippen molar-refractivity contribution < 1.29 is 9.53 Å². The molecule has 0 unspecified atom stereocenters. The van der Waals surface area contributed by atoms with Gasteiger partial charge in [-0.1, -0.05) is 73.5 Å². The van der Waals surface area contributed by atoms with E-state index in [2.05, 4.69) is 35.3 Å². The lowest BCUT2D eigenvalue weighted by atomic mass is 10.0. The Bertz CT molecular complexity index is 1130. The fourth-order valence-corrected chi connectivity index (χ4v) is 4.63. The van der Waals surface area contributed by atoms with Crippen LogP contribution in [0.5, 0.6) is 5.88 Å². The molecule has 1 amide bonds. The number of fused-ring (bicyclic) bond motifs is 3. The highest BCUT2D eigenvalue weighted by molar-refractivity contribution is 7.99. The van der Waals surface area contributed by atoms with Crippen molar-refractivity contribution in [3.63, 3.8) is 0 Å². The quantitative estimate of drug-likeness (QED) is 0.346. The SMILES string of the molecule is CCCCCSc1nnc2c(n1)O[C@@H](c1cc(C)ccc1C)N(C(C)=O)c1ccccc1-2. The van der Waals surface area contributed by atoms with Gasteiger partial charge in [-0.05, 0) is 31.9 Å². The third kappa shape index (κ3) is 4.48. The van der Waals surface area contributed by atoms with E-state index in [1.165, 1.54) is 12.8 Å². The van der Waals surface area contributed by atoms with Gasteiger partial charge in [0, 0.05) is 23.8 Å². The molecule has 0 bridgehead atoms. The number of benzene rings is 2. The molecule has 0 N–H and O–H groups in total. The number of hydrogen-bond donors (Lipinski definition) is 0. The molecular weight excluding hydrogens is 420 g/mol. The van der Waals surface area contributed by atoms with Gasteiger partial charge in [-0.2, -0.15) is 4.98 Å². The number of anilines is 1. The van der Waals surface area contributed by atoms with Gasteiger partial charge in [0.2, 0.25) is 23.2 Å². The van der Waals surface area contributed by atoms with Gasteiger partial charge in [-0.3, -0.25) is 9.69 Å². The number of thioether (sulfide) groups is 1. The van der Waals surface area contributed by atoms with Crippen molar-refractivity contribution in [1.29, 1.82) is 0 Å². The normalized spacial score (nSPS) is 14.9. The monoisotopic (exact) mass is 448 g/mol. The van der Waals surface area contributed by atoms with Gasteiger partial charge in [-0.15, -0.1) is 10.2 Å². The number of rotatable bonds is 6. The minimum Gasteiger partial charge on any atom is -0.447 e. The standard InChI is InChI=1S/C25H28N4O2S/c1-5-6-9-14-32-25-26-23-22(27-28-25)19-10-7-8-11-21(19)29(18(4)30)24(31-23)20-15-16(2)12-13-17(20)3/h7-8,10-13,15,24H,5-6,9,14H2,1-4H3/t24-/m0/s1. The van der Waals surface area contributed by atoms with Crippen molar-refractivity contribution in [3.05, 3.63) is 59.2 Å². The van der Waals surface area contributed by atoms with Gasteiger partial charge in [0.05, 0.1) is 5.69 Å². The Morgan fingerprint density at radius 2 is 1.94 bits per heavy atom. The summed E-state index contributed by atoms with van der Waals surface area (Å²) < 4.78 is 6.48. The molecule has 6 nitrogen and oxygen atoms in total. The molecule has 1 aliphatic rings. The maximum atomic E-state index is 12.9. The molecular formula is C25H28N4O2S. The van der Waals surface area contributed by atoms with Crippen LogP contribution >= 0.6 is 11.8 Å². The number of amides is 1. The summed E-state index contributed by atoms with van der Waals surface area (Å²) in [6, 6.07) is 13.9. The average molecular weight is 449 g/mol. The van der Waals surface area contributed by atoms with Crippen LogP contribution in [0.3, 0.4) is 0 Å². The molecule has 0 radical (unpaired) electrons. The number of unbranched alkanes of at least 4 members (excludes halogenated alkanes) is 2. The van der Waals surface area contributed by atoms with Crippen LogP contribution in [0.25, 0.3) is 11.3 Å². The maximum absolute atomic E-state index is 12.9. The molecule has 0 fully saturated rings. The first kappa shape index (κ1) is 22.3. The molecule has 2 heterocycles. The lowest BCUT2D eigenvalue weighted by molar-refractivity contribution is -0.118. The van der Waals surface area contributed by atoms with Crippen molar-refractivity contribution >= 4 is 23.4 Å². The van der Waals surface area contributed by atoms with E-state index in [9.17, 15) is 4.79 Å². The van der Waals surface area contributed by atoms with E-state index in [1.54, 1.807) is 23.6 Å². The largest absolute Gasteiger partial charge is 0.447 e. The lowest BCUT2D eigenvalue weighted by Crippen LogP contribution is -2.36. The number of ether oxygens (including phenoxy) is 1. The summed E-state index contributed by atoms with van der Waals surface area (Å²) in [4.78, 5) is 19.3. The van der Waals surface area contributed by atoms with Gasteiger partial charge in [0.25, 0.3) is 0 Å². The maximum Gasteiger partial charge on any atom is 0.247 e. The molecule has 0 saturated carbocycles. The molecule has 4 rings (SSSR count). The van der Waals surface area contributed by atoms with E-state index < -0.39 is 6.23 Å². The van der Waals surface area contributed by atoms with E-state index in [0.29, 0.717) is 16.7 Å². The van der Waals surface area contributed by atoms with Crippen molar-refractivity contribution in [1.82, 2.24) is 15.2 Å². The zero-order valence-corrected chi connectivity index (χ0v) is 19.8. The number of carbonyl (C=O) groups is 1. The molecule has 0 aliphatic carbocycles. The van der Waals surface area contributed by atoms with Crippen molar-refractivity contribution in [2.75, 3.05) is 10.7 Å². The number of para-hydroxylation sites is 1. The number of aromatic nitrogens is 3. The molecule has 7 heteroatoms. The molecule has 166 valence electrons. The summed E-state index contributed by atoms with van der Waals surface area (Å²) >= 11 is 1.59. The second kappa shape index (κ2) is 9.69. The third-order valence-corrected chi connectivity index (χ3v) is 6.45. The smallest absolute Gasteiger partial charge is 0.247 e. The Kier molecular flexibility index (Phi) is 6.74. The van der Waals surface area contributed by atoms with Gasteiger partial charge in [0.15, 0.2) is 5.69 Å². The topological polar surface area (TPSA) is 68.2 Å². The second-order valence-electron chi connectivity index (χ2n) is 8.04. The van der Waals surface area contributed by atoms with Crippen LogP contribution in [-0.4, -0.2) is 26.8 Å². The van der Waals surface area contributed by atoms with E-state index in [-0.39, 0.29) is 5.91 Å². The number of nitrogens with zero attached hydrogens (tertiary/aromatic N) is 4. The molecule has 3 aromatic rings. The Hall–Kier alpha value is -2.93. The second-order valence-corrected chi connectivity index (χ2v) is 9.10. The summed E-state index contributed by atoms with van der Waals surface area (Å²) in [6.45, 7) is 7.81. The Labute approximate surface area is 193 Å². The van der Waals surface area contributed by atoms with Crippen LogP contribution in [-0.2, 0) is 4.79 Å². The molecule has 32 heavy (non-hydrogen) atoms. The van der Waals surface area contributed by atoms with Gasteiger partial charge in [-0.25, -0.2) is 0 Å². The van der Waals surface area contributed by atoms with E-state index in [4.69, 9.17) is 9.72 Å². The number of carbonyl (C=O) groups excluding carboxylic acids is 1. The van der Waals surface area contributed by atoms with Crippen LogP contribution in [0.15, 0.2) is 47.6 Å². The predicted molar refractivity (Wildman–Crippen MR) is 128 cm³/mol. The molecule has 1 aromatic heterocycles. The molecule has 1 atom stereocenters. The van der Waals surface area contributed by atoms with Gasteiger partial charge in [0.1, 0.15) is 0 Å². The van der Waals surface area contributed by atoms with Crippen molar-refractivity contribution in [3.8, 4) is 17.1 Å². The molecule has 1 aliphatic heterocycles. The van der Waals surface area contributed by atoms with Crippen LogP contribution in [0.2, 0.25) is 0 Å². The first-order chi connectivity index (χ1) is 15.5. The lowest BCUT2D eigenvalue weighted by Gasteiger charge is -2.31. The fraction of sp³-hybridized carbons (Fsp3) is 0.360. The van der Waals surface area contributed by atoms with Crippen molar-refractivity contribution in [2.24, 2.45) is 0 Å². The van der Waals surface area contributed by atoms with Gasteiger partial charge >= 0.3 is 0 Å². The summed E-state index contributed by atoms with van der Waals surface area (Å²) in [7, 11) is 0. The van der Waals surface area contributed by atoms with E-state index >= 15 is 0 Å². The fourth-order valence-electron chi connectivity index (χ4n) is 3.86. The van der Waals surface area contributed by atoms with Crippen LogP contribution < -0.4 is 9.64 Å². The minimum atomic E-state index is -0.649.